The number of hydrogen-bond acceptors (Lipinski definition) is 6. The molecule has 0 bridgehead atoms. The molecule has 0 aliphatic heterocycles. The van der Waals surface area contributed by atoms with E-state index in [1.165, 1.54) is 0 Å². The molecule has 0 aromatic carbocycles. The van der Waals surface area contributed by atoms with E-state index in [1.54, 1.807) is 0 Å². The number of hydrogen-bond donors (Lipinski definition) is 2. The SMILES string of the molecule is O=S(=O)(OS)OS. The Bertz CT molecular complexity index is 110. The standard InChI is InChI=1S/H2O4S3/c1-7(2,3-5)4-6/h5-6H. The lowest BCUT2D eigenvalue weighted by molar-refractivity contribution is 0.443. The smallest absolute Gasteiger partial charge is 0.178 e. The van der Waals surface area contributed by atoms with E-state index in [0.29, 0.717) is 0 Å². The summed E-state index contributed by atoms with van der Waals surface area (Å²) >= 11 is 5.84. The van der Waals surface area contributed by atoms with Crippen molar-refractivity contribution in [3.8, 4) is 0 Å². The lowest BCUT2D eigenvalue weighted by atomic mass is 15.8. The van der Waals surface area contributed by atoms with E-state index in [9.17, 15) is 8.42 Å². The van der Waals surface area contributed by atoms with Crippen LogP contribution in [-0.2, 0) is 17.7 Å². The molecule has 0 amide bonds. The topological polar surface area (TPSA) is 52.6 Å². The minimum Gasteiger partial charge on any atom is -0.178 e. The molecule has 0 atom stereocenters. The van der Waals surface area contributed by atoms with Crippen LogP contribution in [0.15, 0.2) is 0 Å². The summed E-state index contributed by atoms with van der Waals surface area (Å²) in [5.41, 5.74) is 0. The molecule has 0 heterocycles. The van der Waals surface area contributed by atoms with Crippen molar-refractivity contribution in [3.05, 3.63) is 0 Å². The first-order chi connectivity index (χ1) is 3.12. The number of thiol groups is 2. The molecule has 0 N–H and O–H groups in total. The summed E-state index contributed by atoms with van der Waals surface area (Å²) < 4.78 is 26.5. The van der Waals surface area contributed by atoms with E-state index in [2.05, 4.69) is 33.1 Å². The Hall–Kier alpha value is 0.570. The highest BCUT2D eigenvalue weighted by Gasteiger charge is 2.04. The first-order valence-corrected chi connectivity index (χ1v) is 3.10. The van der Waals surface area contributed by atoms with Crippen molar-refractivity contribution in [1.82, 2.24) is 0 Å². The predicted octanol–water partition coefficient (Wildman–Crippen LogP) is -0.0460. The fourth-order valence-corrected chi connectivity index (χ4v) is 0.367. The van der Waals surface area contributed by atoms with E-state index in [0.717, 1.165) is 0 Å². The molecule has 44 valence electrons. The highest BCUT2D eigenvalue weighted by molar-refractivity contribution is 7.98. The van der Waals surface area contributed by atoms with Gasteiger partial charge in [0.1, 0.15) is 0 Å². The van der Waals surface area contributed by atoms with Gasteiger partial charge >= 0.3 is 10.4 Å². The van der Waals surface area contributed by atoms with E-state index >= 15 is 0 Å². The van der Waals surface area contributed by atoms with Gasteiger partial charge in [-0.05, 0) is 25.8 Å². The minimum atomic E-state index is -3.93. The van der Waals surface area contributed by atoms with Gasteiger partial charge in [-0.1, -0.05) is 0 Å². The molecular weight excluding hydrogens is 160 g/mol. The van der Waals surface area contributed by atoms with Crippen LogP contribution in [0.3, 0.4) is 0 Å². The van der Waals surface area contributed by atoms with Crippen molar-refractivity contribution in [3.63, 3.8) is 0 Å². The minimum absolute atomic E-state index is 2.92. The lowest BCUT2D eigenvalue weighted by Crippen LogP contribution is -1.95. The average Bonchev–Trinajstić information content (AvgIpc) is 1.68. The first-order valence-electron chi connectivity index (χ1n) is 1.03. The molecule has 0 radical (unpaired) electrons. The quantitative estimate of drug-likeness (QED) is 0.441. The van der Waals surface area contributed by atoms with Crippen LogP contribution >= 0.6 is 25.8 Å². The van der Waals surface area contributed by atoms with Crippen molar-refractivity contribution < 1.29 is 15.7 Å². The Kier molecular flexibility index (Phi) is 3.00. The van der Waals surface area contributed by atoms with Crippen molar-refractivity contribution in [2.24, 2.45) is 0 Å². The van der Waals surface area contributed by atoms with Crippen LogP contribution in [0.5, 0.6) is 0 Å². The van der Waals surface area contributed by atoms with Crippen LogP contribution in [0.25, 0.3) is 0 Å². The molecule has 0 aliphatic rings. The van der Waals surface area contributed by atoms with Crippen molar-refractivity contribution >= 4 is 36.2 Å². The Morgan fingerprint density at radius 2 is 1.43 bits per heavy atom. The van der Waals surface area contributed by atoms with Gasteiger partial charge < -0.3 is 0 Å². The van der Waals surface area contributed by atoms with Crippen LogP contribution in [0, 0.1) is 0 Å². The van der Waals surface area contributed by atoms with Gasteiger partial charge in [0.15, 0.2) is 0 Å². The molecule has 0 aromatic rings. The van der Waals surface area contributed by atoms with Gasteiger partial charge in [-0.25, -0.2) is 0 Å². The van der Waals surface area contributed by atoms with Gasteiger partial charge in [0.2, 0.25) is 0 Å². The van der Waals surface area contributed by atoms with Crippen LogP contribution in [0.1, 0.15) is 0 Å². The van der Waals surface area contributed by atoms with Crippen LogP contribution in [-0.4, -0.2) is 8.42 Å². The third kappa shape index (κ3) is 3.18. The van der Waals surface area contributed by atoms with E-state index < -0.39 is 10.4 Å². The Labute approximate surface area is 52.4 Å². The maximum absolute atomic E-state index is 9.77. The summed E-state index contributed by atoms with van der Waals surface area (Å²) in [5, 5.41) is 0. The van der Waals surface area contributed by atoms with Gasteiger partial charge in [0, 0.05) is 0 Å². The van der Waals surface area contributed by atoms with Crippen LogP contribution < -0.4 is 0 Å². The highest BCUT2D eigenvalue weighted by Crippen LogP contribution is 1.98. The molecular formula is H2O4S3. The van der Waals surface area contributed by atoms with E-state index in [-0.39, 0.29) is 0 Å². The zero-order valence-electron chi connectivity index (χ0n) is 2.94. The van der Waals surface area contributed by atoms with Gasteiger partial charge in [-0.3, -0.25) is 0 Å². The highest BCUT2D eigenvalue weighted by atomic mass is 32.3. The fraction of sp³-hybridized carbons (Fsp3) is 0. The summed E-state index contributed by atoms with van der Waals surface area (Å²) in [6, 6.07) is 0. The molecule has 0 unspecified atom stereocenters. The van der Waals surface area contributed by atoms with Gasteiger partial charge in [-0.15, -0.1) is 0 Å². The Morgan fingerprint density at radius 1 is 1.14 bits per heavy atom. The van der Waals surface area contributed by atoms with Crippen molar-refractivity contribution in [2.75, 3.05) is 0 Å². The first kappa shape index (κ1) is 7.57. The molecule has 7 heteroatoms. The molecule has 0 aromatic heterocycles. The third-order valence-electron chi connectivity index (χ3n) is 0.183. The third-order valence-corrected chi connectivity index (χ3v) is 1.64. The maximum Gasteiger partial charge on any atom is 0.421 e. The molecule has 0 fully saturated rings. The zero-order valence-corrected chi connectivity index (χ0v) is 5.54. The maximum atomic E-state index is 9.77. The molecule has 0 rings (SSSR count). The average molecular weight is 162 g/mol. The fourth-order valence-electron chi connectivity index (χ4n) is 0.0136. The van der Waals surface area contributed by atoms with Gasteiger partial charge in [-0.2, -0.15) is 15.7 Å². The van der Waals surface area contributed by atoms with Crippen LogP contribution in [0.4, 0.5) is 0 Å². The van der Waals surface area contributed by atoms with Gasteiger partial charge in [0.05, 0.1) is 0 Å². The second-order valence-corrected chi connectivity index (χ2v) is 2.57. The van der Waals surface area contributed by atoms with E-state index in [4.69, 9.17) is 0 Å². The molecule has 4 nitrogen and oxygen atoms in total. The molecule has 0 aliphatic carbocycles. The summed E-state index contributed by atoms with van der Waals surface area (Å²) in [4.78, 5) is 0. The summed E-state index contributed by atoms with van der Waals surface area (Å²) in [6.07, 6.45) is 0. The summed E-state index contributed by atoms with van der Waals surface area (Å²) in [6.45, 7) is 0. The normalized spacial score (nSPS) is 11.7. The molecule has 0 spiro atoms. The second kappa shape index (κ2) is 2.78. The molecule has 0 saturated carbocycles. The number of rotatable bonds is 2. The van der Waals surface area contributed by atoms with Crippen molar-refractivity contribution in [1.29, 1.82) is 0 Å². The molecule has 7 heavy (non-hydrogen) atoms. The lowest BCUT2D eigenvalue weighted by Gasteiger charge is -1.88. The second-order valence-electron chi connectivity index (χ2n) is 0.557. The van der Waals surface area contributed by atoms with Gasteiger partial charge in [0.25, 0.3) is 0 Å². The van der Waals surface area contributed by atoms with E-state index in [1.807, 2.05) is 0 Å². The van der Waals surface area contributed by atoms with Crippen LogP contribution in [0.2, 0.25) is 0 Å². The summed E-state index contributed by atoms with van der Waals surface area (Å²) in [7, 11) is -3.93. The molecule has 0 saturated heterocycles. The van der Waals surface area contributed by atoms with Crippen molar-refractivity contribution in [2.45, 2.75) is 0 Å². The predicted molar refractivity (Wildman–Crippen MR) is 29.1 cm³/mol. The Morgan fingerprint density at radius 3 is 1.43 bits per heavy atom. The Balaban J connectivity index is 3.89. The largest absolute Gasteiger partial charge is 0.421 e. The summed E-state index contributed by atoms with van der Waals surface area (Å²) in [5.74, 6) is 0. The zero-order chi connectivity index (χ0) is 5.91. The monoisotopic (exact) mass is 162 g/mol.